The third kappa shape index (κ3) is 6.53. The monoisotopic (exact) mass is 498 g/mol. The highest BCUT2D eigenvalue weighted by Crippen LogP contribution is 2.59. The van der Waals surface area contributed by atoms with E-state index in [4.69, 9.17) is 9.47 Å². The molecular formula is C32H38N2O3. The molecule has 1 atom stereocenters. The molecule has 1 N–H and O–H groups in total. The molecule has 1 spiro atoms. The van der Waals surface area contributed by atoms with E-state index in [0.717, 1.165) is 75.3 Å². The van der Waals surface area contributed by atoms with E-state index in [1.165, 1.54) is 11.1 Å². The molecule has 2 fully saturated rings. The van der Waals surface area contributed by atoms with Crippen LogP contribution in [0.5, 0.6) is 11.5 Å². The minimum absolute atomic E-state index is 0.201. The van der Waals surface area contributed by atoms with Gasteiger partial charge in [-0.25, -0.2) is 0 Å². The summed E-state index contributed by atoms with van der Waals surface area (Å²) in [5.74, 6) is 2.00. The minimum atomic E-state index is 0.201. The highest BCUT2D eigenvalue weighted by atomic mass is 16.5. The number of amides is 1. The number of rotatable bonds is 11. The number of aryl methyl sites for hydroxylation is 1. The number of nitrogens with one attached hydrogen (secondary N) is 1. The molecule has 2 aliphatic rings. The SMILES string of the molecule is COc1cc(CN2CCC3(CC2)C[C@H]3C(=O)NCCCc2ccccc2)ccc1OCc1ccccc1. The van der Waals surface area contributed by atoms with Crippen molar-refractivity contribution in [3.8, 4) is 11.5 Å². The Morgan fingerprint density at radius 2 is 1.62 bits per heavy atom. The van der Waals surface area contributed by atoms with Gasteiger partial charge < -0.3 is 14.8 Å². The average Bonchev–Trinajstić information content (AvgIpc) is 3.66. The molecule has 5 heteroatoms. The summed E-state index contributed by atoms with van der Waals surface area (Å²) in [6.45, 7) is 4.24. The Morgan fingerprint density at radius 3 is 2.32 bits per heavy atom. The van der Waals surface area contributed by atoms with Crippen molar-refractivity contribution >= 4 is 5.91 Å². The first kappa shape index (κ1) is 25.3. The quantitative estimate of drug-likeness (QED) is 0.349. The molecule has 194 valence electrons. The third-order valence-corrected chi connectivity index (χ3v) is 8.01. The summed E-state index contributed by atoms with van der Waals surface area (Å²) >= 11 is 0. The van der Waals surface area contributed by atoms with Crippen LogP contribution in [0.1, 0.15) is 42.4 Å². The molecule has 1 saturated heterocycles. The van der Waals surface area contributed by atoms with E-state index in [2.05, 4.69) is 58.7 Å². The summed E-state index contributed by atoms with van der Waals surface area (Å²) in [6.07, 6.45) is 5.25. The molecule has 1 amide bonds. The van der Waals surface area contributed by atoms with Crippen LogP contribution in [-0.4, -0.2) is 37.6 Å². The first-order valence-corrected chi connectivity index (χ1v) is 13.5. The zero-order chi connectivity index (χ0) is 25.5. The zero-order valence-corrected chi connectivity index (χ0v) is 21.8. The van der Waals surface area contributed by atoms with E-state index in [-0.39, 0.29) is 17.2 Å². The lowest BCUT2D eigenvalue weighted by Gasteiger charge is -2.33. The fraction of sp³-hybridized carbons (Fsp3) is 0.406. The molecule has 1 aliphatic heterocycles. The largest absolute Gasteiger partial charge is 0.493 e. The Labute approximate surface area is 220 Å². The van der Waals surface area contributed by atoms with Gasteiger partial charge in [0.1, 0.15) is 6.61 Å². The summed E-state index contributed by atoms with van der Waals surface area (Å²) in [5, 5.41) is 3.20. The van der Waals surface area contributed by atoms with Crippen LogP contribution in [0.3, 0.4) is 0 Å². The van der Waals surface area contributed by atoms with Crippen LogP contribution in [-0.2, 0) is 24.4 Å². The maximum Gasteiger partial charge on any atom is 0.223 e. The van der Waals surface area contributed by atoms with Gasteiger partial charge in [0, 0.05) is 19.0 Å². The van der Waals surface area contributed by atoms with Gasteiger partial charge in [0.25, 0.3) is 0 Å². The summed E-state index contributed by atoms with van der Waals surface area (Å²) in [6, 6.07) is 26.9. The van der Waals surface area contributed by atoms with Crippen molar-refractivity contribution in [2.45, 2.75) is 45.3 Å². The first-order valence-electron chi connectivity index (χ1n) is 13.5. The Kier molecular flexibility index (Phi) is 8.10. The summed E-state index contributed by atoms with van der Waals surface area (Å²) < 4.78 is 11.6. The molecule has 5 nitrogen and oxygen atoms in total. The number of likely N-dealkylation sites (tertiary alicyclic amines) is 1. The predicted octanol–water partition coefficient (Wildman–Crippen LogP) is 5.63. The van der Waals surface area contributed by atoms with Crippen LogP contribution in [0.25, 0.3) is 0 Å². The fourth-order valence-corrected chi connectivity index (χ4v) is 5.62. The number of hydrogen-bond donors (Lipinski definition) is 1. The van der Waals surface area contributed by atoms with Gasteiger partial charge in [-0.15, -0.1) is 0 Å². The van der Waals surface area contributed by atoms with Gasteiger partial charge in [0.05, 0.1) is 7.11 Å². The van der Waals surface area contributed by atoms with Crippen molar-refractivity contribution in [3.05, 3.63) is 95.6 Å². The molecule has 5 rings (SSSR count). The maximum atomic E-state index is 12.8. The van der Waals surface area contributed by atoms with Crippen LogP contribution < -0.4 is 14.8 Å². The van der Waals surface area contributed by atoms with Gasteiger partial charge in [0.2, 0.25) is 5.91 Å². The van der Waals surface area contributed by atoms with Crippen LogP contribution in [0.15, 0.2) is 78.9 Å². The zero-order valence-electron chi connectivity index (χ0n) is 21.8. The Hall–Kier alpha value is -3.31. The molecule has 0 unspecified atom stereocenters. The number of benzene rings is 3. The molecule has 1 aliphatic carbocycles. The number of methoxy groups -OCH3 is 1. The molecule has 1 saturated carbocycles. The summed E-state index contributed by atoms with van der Waals surface area (Å²) in [4.78, 5) is 15.3. The average molecular weight is 499 g/mol. The maximum absolute atomic E-state index is 12.8. The smallest absolute Gasteiger partial charge is 0.223 e. The summed E-state index contributed by atoms with van der Waals surface area (Å²) in [7, 11) is 1.69. The number of ether oxygens (including phenoxy) is 2. The second-order valence-corrected chi connectivity index (χ2v) is 10.5. The molecule has 0 aromatic heterocycles. The Morgan fingerprint density at radius 1 is 0.919 bits per heavy atom. The van der Waals surface area contributed by atoms with Crippen molar-refractivity contribution in [1.82, 2.24) is 10.2 Å². The number of hydrogen-bond acceptors (Lipinski definition) is 4. The summed E-state index contributed by atoms with van der Waals surface area (Å²) in [5.41, 5.74) is 3.92. The molecule has 0 radical (unpaired) electrons. The van der Waals surface area contributed by atoms with E-state index in [1.54, 1.807) is 7.11 Å². The van der Waals surface area contributed by atoms with Crippen molar-refractivity contribution in [3.63, 3.8) is 0 Å². The van der Waals surface area contributed by atoms with Gasteiger partial charge in [-0.2, -0.15) is 0 Å². The van der Waals surface area contributed by atoms with Crippen LogP contribution in [0, 0.1) is 11.3 Å². The fourth-order valence-electron chi connectivity index (χ4n) is 5.62. The van der Waals surface area contributed by atoms with Gasteiger partial charge in [-0.05, 0) is 79.4 Å². The van der Waals surface area contributed by atoms with Gasteiger partial charge in [-0.3, -0.25) is 9.69 Å². The van der Waals surface area contributed by atoms with Crippen LogP contribution >= 0.6 is 0 Å². The van der Waals surface area contributed by atoms with Crippen LogP contribution in [0.4, 0.5) is 0 Å². The highest BCUT2D eigenvalue weighted by molar-refractivity contribution is 5.82. The first-order chi connectivity index (χ1) is 18.1. The number of carbonyl (C=O) groups is 1. The van der Waals surface area contributed by atoms with E-state index in [9.17, 15) is 4.79 Å². The van der Waals surface area contributed by atoms with E-state index < -0.39 is 0 Å². The molecule has 3 aromatic carbocycles. The molecular weight excluding hydrogens is 460 g/mol. The van der Waals surface area contributed by atoms with Gasteiger partial charge in [-0.1, -0.05) is 66.7 Å². The van der Waals surface area contributed by atoms with Gasteiger partial charge >= 0.3 is 0 Å². The lowest BCUT2D eigenvalue weighted by molar-refractivity contribution is -0.123. The van der Waals surface area contributed by atoms with E-state index >= 15 is 0 Å². The van der Waals surface area contributed by atoms with E-state index in [0.29, 0.717) is 6.61 Å². The van der Waals surface area contributed by atoms with Crippen molar-refractivity contribution in [2.24, 2.45) is 11.3 Å². The second-order valence-electron chi connectivity index (χ2n) is 10.5. The number of carbonyl (C=O) groups excluding carboxylic acids is 1. The lowest BCUT2D eigenvalue weighted by Crippen LogP contribution is -2.37. The molecule has 3 aromatic rings. The predicted molar refractivity (Wildman–Crippen MR) is 147 cm³/mol. The Balaban J connectivity index is 1.05. The third-order valence-electron chi connectivity index (χ3n) is 8.01. The normalized spacial score (nSPS) is 18.4. The standard InChI is InChI=1S/C32H38N2O3/c1-36-30-21-27(14-15-29(30)37-24-26-11-6-3-7-12-26)23-34-19-16-32(17-20-34)22-28(32)31(35)33-18-8-13-25-9-4-2-5-10-25/h2-7,9-12,14-15,21,28H,8,13,16-20,22-24H2,1H3,(H,33,35)/t28-/m0/s1. The minimum Gasteiger partial charge on any atom is -0.493 e. The Bertz CT molecular complexity index is 1160. The molecule has 37 heavy (non-hydrogen) atoms. The van der Waals surface area contributed by atoms with Gasteiger partial charge in [0.15, 0.2) is 11.5 Å². The number of nitrogens with zero attached hydrogens (tertiary/aromatic N) is 1. The topological polar surface area (TPSA) is 50.8 Å². The van der Waals surface area contributed by atoms with Crippen molar-refractivity contribution < 1.29 is 14.3 Å². The second kappa shape index (κ2) is 11.8. The van der Waals surface area contributed by atoms with Crippen molar-refractivity contribution in [2.75, 3.05) is 26.7 Å². The lowest BCUT2D eigenvalue weighted by atomic mass is 9.90. The molecule has 1 heterocycles. The molecule has 0 bridgehead atoms. The van der Waals surface area contributed by atoms with E-state index in [1.807, 2.05) is 30.3 Å². The van der Waals surface area contributed by atoms with Crippen molar-refractivity contribution in [1.29, 1.82) is 0 Å². The van der Waals surface area contributed by atoms with Crippen LogP contribution in [0.2, 0.25) is 0 Å². The highest BCUT2D eigenvalue weighted by Gasteiger charge is 2.58. The number of piperidine rings is 1.